The van der Waals surface area contributed by atoms with Crippen molar-refractivity contribution in [3.8, 4) is 6.07 Å². The van der Waals surface area contributed by atoms with Gasteiger partial charge in [0.05, 0.1) is 22.2 Å². The summed E-state index contributed by atoms with van der Waals surface area (Å²) in [7, 11) is 0. The number of hydrogen-bond donors (Lipinski definition) is 2. The average Bonchev–Trinajstić information content (AvgIpc) is 3.38. The molecule has 1 saturated carbocycles. The minimum atomic E-state index is -1.03. The Kier molecular flexibility index (Phi) is 19.0. The van der Waals surface area contributed by atoms with Crippen LogP contribution < -0.4 is 10.6 Å². The average molecular weight is 685 g/mol. The molecule has 3 amide bonds. The number of rotatable bonds is 10. The Morgan fingerprint density at radius 2 is 1.84 bits per heavy atom. The largest absolute Gasteiger partial charge is 0.358 e. The molecular weight excluding hydrogens is 635 g/mol. The molecule has 1 radical (unpaired) electrons. The number of allylic oxidation sites excluding steroid dienone is 4. The standard InChI is InChI=1S/C29H37N5O3S.C2H6.2CH3.Y/c1-7-20(11-12-21(8-2)23-19(3)32-18-38-23)16-31-25(35)22-10-9-15-34(22)26(36)24(28(4,5)6)33-27(37)29(17-30)13-14-29;1-2;;;/h7-8,11-12,18,22,24H,1-2,9-10,13-16H2,3-6H3,(H,31,35)(H,33,37);1-2H3;2*1H3;/q;;2*-1;/b20-11+,21-12+;;;;. The van der Waals surface area contributed by atoms with Gasteiger partial charge in [0.1, 0.15) is 17.5 Å². The molecule has 2 N–H and O–H groups in total. The zero-order valence-corrected chi connectivity index (χ0v) is 30.9. The van der Waals surface area contributed by atoms with Crippen LogP contribution in [-0.2, 0) is 47.1 Å². The van der Waals surface area contributed by atoms with Gasteiger partial charge >= 0.3 is 0 Å². The molecule has 1 aliphatic carbocycles. The van der Waals surface area contributed by atoms with Crippen LogP contribution in [0.15, 0.2) is 48.5 Å². The van der Waals surface area contributed by atoms with Gasteiger partial charge in [0.2, 0.25) is 17.7 Å². The predicted octanol–water partition coefficient (Wildman–Crippen LogP) is 6.00. The van der Waals surface area contributed by atoms with E-state index in [0.29, 0.717) is 32.2 Å². The van der Waals surface area contributed by atoms with Crippen LogP contribution in [0.5, 0.6) is 0 Å². The number of aryl methyl sites for hydroxylation is 1. The van der Waals surface area contributed by atoms with Crippen LogP contribution in [0, 0.1) is 43.9 Å². The van der Waals surface area contributed by atoms with Crippen molar-refractivity contribution in [2.45, 2.75) is 79.3 Å². The fraction of sp³-hybridized carbons (Fsp3) is 0.485. The molecule has 2 heterocycles. The van der Waals surface area contributed by atoms with Crippen LogP contribution >= 0.6 is 11.3 Å². The van der Waals surface area contributed by atoms with Crippen LogP contribution in [-0.4, -0.2) is 52.8 Å². The molecule has 235 valence electrons. The van der Waals surface area contributed by atoms with E-state index in [9.17, 15) is 19.6 Å². The predicted molar refractivity (Wildman–Crippen MR) is 174 cm³/mol. The first-order valence-corrected chi connectivity index (χ1v) is 14.7. The molecule has 1 aromatic rings. The first-order chi connectivity index (χ1) is 19.0. The number of nitriles is 1. The number of hydrogen-bond acceptors (Lipinski definition) is 6. The van der Waals surface area contributed by atoms with Gasteiger partial charge in [0.15, 0.2) is 0 Å². The van der Waals surface area contributed by atoms with Gasteiger partial charge in [-0.1, -0.05) is 72.1 Å². The molecule has 2 atom stereocenters. The summed E-state index contributed by atoms with van der Waals surface area (Å²) in [4.78, 5) is 46.5. The Morgan fingerprint density at radius 3 is 2.30 bits per heavy atom. The third-order valence-corrected chi connectivity index (χ3v) is 8.04. The molecule has 3 rings (SSSR count). The number of carbonyl (C=O) groups is 3. The monoisotopic (exact) mass is 684 g/mol. The second-order valence-corrected chi connectivity index (χ2v) is 11.8. The normalized spacial score (nSPS) is 17.6. The zero-order chi connectivity index (χ0) is 30.1. The van der Waals surface area contributed by atoms with Crippen molar-refractivity contribution in [1.29, 1.82) is 5.26 Å². The summed E-state index contributed by atoms with van der Waals surface area (Å²) in [6, 6.07) is 0.620. The number of likely N-dealkylation sites (tertiary alicyclic amines) is 1. The summed E-state index contributed by atoms with van der Waals surface area (Å²) in [5.41, 5.74) is 2.84. The van der Waals surface area contributed by atoms with E-state index < -0.39 is 28.8 Å². The minimum absolute atomic E-state index is 0. The Bertz CT molecular complexity index is 1220. The van der Waals surface area contributed by atoms with Gasteiger partial charge in [-0.3, -0.25) is 14.4 Å². The van der Waals surface area contributed by atoms with Gasteiger partial charge in [-0.15, -0.1) is 11.3 Å². The van der Waals surface area contributed by atoms with Crippen molar-refractivity contribution in [1.82, 2.24) is 20.5 Å². The quantitative estimate of drug-likeness (QED) is 0.232. The molecular formula is C33H49N5O3SY-2. The number of thiazole rings is 1. The van der Waals surface area contributed by atoms with Crippen LogP contribution in [0.2, 0.25) is 0 Å². The summed E-state index contributed by atoms with van der Waals surface area (Å²) in [5.74, 6) is -0.950. The molecule has 0 aromatic carbocycles. The molecule has 1 saturated heterocycles. The van der Waals surface area contributed by atoms with Crippen molar-refractivity contribution in [2.24, 2.45) is 10.8 Å². The van der Waals surface area contributed by atoms with E-state index >= 15 is 0 Å². The second-order valence-electron chi connectivity index (χ2n) is 10.9. The van der Waals surface area contributed by atoms with E-state index in [-0.39, 0.29) is 65.9 Å². The van der Waals surface area contributed by atoms with Crippen LogP contribution in [0.25, 0.3) is 5.57 Å². The van der Waals surface area contributed by atoms with E-state index in [4.69, 9.17) is 0 Å². The van der Waals surface area contributed by atoms with Crippen LogP contribution in [0.4, 0.5) is 0 Å². The van der Waals surface area contributed by atoms with E-state index in [1.165, 1.54) is 11.3 Å². The maximum Gasteiger partial charge on any atom is 0.246 e. The number of amides is 3. The van der Waals surface area contributed by atoms with Gasteiger partial charge < -0.3 is 30.4 Å². The fourth-order valence-electron chi connectivity index (χ4n) is 4.42. The van der Waals surface area contributed by atoms with E-state index in [1.807, 2.05) is 53.7 Å². The minimum Gasteiger partial charge on any atom is -0.358 e. The van der Waals surface area contributed by atoms with Crippen molar-refractivity contribution < 1.29 is 47.1 Å². The maximum absolute atomic E-state index is 13.6. The third-order valence-electron chi connectivity index (χ3n) is 7.06. The third kappa shape index (κ3) is 10.9. The van der Waals surface area contributed by atoms with Gasteiger partial charge in [-0.2, -0.15) is 5.26 Å². The molecule has 10 heteroatoms. The van der Waals surface area contributed by atoms with Crippen molar-refractivity contribution in [3.05, 3.63) is 74.0 Å². The van der Waals surface area contributed by atoms with Gasteiger partial charge in [0.25, 0.3) is 0 Å². The Morgan fingerprint density at radius 1 is 1.21 bits per heavy atom. The van der Waals surface area contributed by atoms with Crippen molar-refractivity contribution >= 4 is 34.6 Å². The summed E-state index contributed by atoms with van der Waals surface area (Å²) in [6.45, 7) is 20.0. The van der Waals surface area contributed by atoms with E-state index in [1.54, 1.807) is 22.6 Å². The Hall–Kier alpha value is -2.41. The maximum atomic E-state index is 13.6. The molecule has 2 unspecified atom stereocenters. The number of nitrogens with zero attached hydrogens (tertiary/aromatic N) is 3. The molecule has 2 aliphatic rings. The van der Waals surface area contributed by atoms with Gasteiger partial charge in [0, 0.05) is 45.8 Å². The van der Waals surface area contributed by atoms with Gasteiger partial charge in [-0.25, -0.2) is 4.98 Å². The van der Waals surface area contributed by atoms with E-state index in [2.05, 4.69) is 34.8 Å². The summed E-state index contributed by atoms with van der Waals surface area (Å²) < 4.78 is 0. The van der Waals surface area contributed by atoms with Crippen LogP contribution in [0.1, 0.15) is 70.9 Å². The second kappa shape index (κ2) is 19.1. The number of carbonyl (C=O) groups excluding carboxylic acids is 3. The van der Waals surface area contributed by atoms with Crippen molar-refractivity contribution in [3.63, 3.8) is 0 Å². The topological polar surface area (TPSA) is 115 Å². The molecule has 0 spiro atoms. The summed E-state index contributed by atoms with van der Waals surface area (Å²) in [6.07, 6.45) is 9.50. The number of nitrogens with one attached hydrogen (secondary N) is 2. The van der Waals surface area contributed by atoms with Gasteiger partial charge in [-0.05, 0) is 49.2 Å². The Labute approximate surface area is 289 Å². The number of aromatic nitrogens is 1. The van der Waals surface area contributed by atoms with Crippen LogP contribution in [0.3, 0.4) is 0 Å². The Balaban J connectivity index is 0. The molecule has 43 heavy (non-hydrogen) atoms. The smallest absolute Gasteiger partial charge is 0.246 e. The molecule has 2 fully saturated rings. The summed E-state index contributed by atoms with van der Waals surface area (Å²) in [5, 5.41) is 15.2. The molecule has 1 aliphatic heterocycles. The first kappa shape index (κ1) is 42.7. The summed E-state index contributed by atoms with van der Waals surface area (Å²) >= 11 is 1.54. The molecule has 1 aromatic heterocycles. The first-order valence-electron chi connectivity index (χ1n) is 13.8. The fourth-order valence-corrected chi connectivity index (χ4v) is 5.25. The molecule has 8 nitrogen and oxygen atoms in total. The van der Waals surface area contributed by atoms with Crippen molar-refractivity contribution in [2.75, 3.05) is 13.1 Å². The van der Waals surface area contributed by atoms with E-state index in [0.717, 1.165) is 21.7 Å². The molecule has 0 bridgehead atoms. The SMILES string of the molecule is C=C/C(=C\C=C(/C=C)c1scnc1C)CNC(=O)C1CCCN1C(=O)C(NC(=O)C1(C#N)CC1)C(C)(C)C.CC.[CH3-].[CH3-].[Y]. The zero-order valence-electron chi connectivity index (χ0n) is 27.3.